The van der Waals surface area contributed by atoms with Crippen molar-refractivity contribution in [2.75, 3.05) is 16.8 Å². The Morgan fingerprint density at radius 2 is 1.83 bits per heavy atom. The van der Waals surface area contributed by atoms with Crippen LogP contribution in [0.4, 0.5) is 11.4 Å². The second-order valence-electron chi connectivity index (χ2n) is 7.05. The molecule has 0 saturated heterocycles. The van der Waals surface area contributed by atoms with Gasteiger partial charge in [-0.25, -0.2) is 0 Å². The fourth-order valence-corrected chi connectivity index (χ4v) is 4.20. The van der Waals surface area contributed by atoms with Gasteiger partial charge in [0.05, 0.1) is 4.88 Å². The lowest BCUT2D eigenvalue weighted by atomic mass is 10.1. The molecule has 0 aliphatic carbocycles. The maximum atomic E-state index is 13.1. The maximum absolute atomic E-state index is 13.1. The van der Waals surface area contributed by atoms with Gasteiger partial charge in [-0.05, 0) is 47.2 Å². The number of anilines is 2. The first-order chi connectivity index (χ1) is 14.5. The lowest BCUT2D eigenvalue weighted by molar-refractivity contribution is -0.118. The Hall–Kier alpha value is -3.45. The molecule has 0 fully saturated rings. The third-order valence-electron chi connectivity index (χ3n) is 5.04. The van der Waals surface area contributed by atoms with Crippen molar-refractivity contribution in [3.05, 3.63) is 82.0 Å². The highest BCUT2D eigenvalue weighted by atomic mass is 32.1. The van der Waals surface area contributed by atoms with E-state index >= 15 is 0 Å². The van der Waals surface area contributed by atoms with Crippen LogP contribution < -0.4 is 15.5 Å². The third kappa shape index (κ3) is 4.11. The van der Waals surface area contributed by atoms with Gasteiger partial charge in [0.2, 0.25) is 5.91 Å². The number of rotatable bonds is 5. The van der Waals surface area contributed by atoms with Gasteiger partial charge in [0.15, 0.2) is 0 Å². The predicted molar refractivity (Wildman–Crippen MR) is 118 cm³/mol. The van der Waals surface area contributed by atoms with Crippen molar-refractivity contribution >= 4 is 40.4 Å². The molecule has 2 aromatic carbocycles. The molecular weight excluding hydrogens is 398 g/mol. The summed E-state index contributed by atoms with van der Waals surface area (Å²) in [5.41, 5.74) is 3.23. The van der Waals surface area contributed by atoms with Crippen LogP contribution in [0.5, 0.6) is 0 Å². The molecule has 6 nitrogen and oxygen atoms in total. The van der Waals surface area contributed by atoms with E-state index in [0.29, 0.717) is 22.7 Å². The van der Waals surface area contributed by atoms with E-state index in [-0.39, 0.29) is 17.7 Å². The van der Waals surface area contributed by atoms with Gasteiger partial charge in [0.1, 0.15) is 6.04 Å². The summed E-state index contributed by atoms with van der Waals surface area (Å²) < 4.78 is 0. The molecule has 2 heterocycles. The molecular formula is C23H21N3O3S. The fourth-order valence-electron chi connectivity index (χ4n) is 3.58. The van der Waals surface area contributed by atoms with Gasteiger partial charge in [-0.3, -0.25) is 14.4 Å². The standard InChI is InChI=1S/C23H21N3O3S/c1-15(27)26-12-11-17-14-18(9-10-19(17)26)24-23(29)21(16-6-3-2-4-7-16)25-22(28)20-8-5-13-30-20/h2-10,13-14,21H,11-12H2,1H3,(H,24,29)(H,25,28). The molecule has 7 heteroatoms. The number of carbonyl (C=O) groups excluding carboxylic acids is 3. The number of hydrogen-bond acceptors (Lipinski definition) is 4. The summed E-state index contributed by atoms with van der Waals surface area (Å²) in [6.45, 7) is 2.19. The van der Waals surface area contributed by atoms with Crippen molar-refractivity contribution in [1.82, 2.24) is 5.32 Å². The number of hydrogen-bond donors (Lipinski definition) is 2. The number of fused-ring (bicyclic) bond motifs is 1. The zero-order chi connectivity index (χ0) is 21.1. The highest BCUT2D eigenvalue weighted by Crippen LogP contribution is 2.31. The molecule has 152 valence electrons. The Balaban J connectivity index is 1.55. The maximum Gasteiger partial charge on any atom is 0.262 e. The lowest BCUT2D eigenvalue weighted by Gasteiger charge is -2.19. The molecule has 1 unspecified atom stereocenters. The highest BCUT2D eigenvalue weighted by Gasteiger charge is 2.26. The summed E-state index contributed by atoms with van der Waals surface area (Å²) in [5, 5.41) is 7.57. The number of benzene rings is 2. The number of nitrogens with one attached hydrogen (secondary N) is 2. The molecule has 0 radical (unpaired) electrons. The normalized spacial score (nSPS) is 13.4. The topological polar surface area (TPSA) is 78.5 Å². The van der Waals surface area contributed by atoms with Crippen LogP contribution in [0.15, 0.2) is 66.0 Å². The van der Waals surface area contributed by atoms with E-state index < -0.39 is 6.04 Å². The molecule has 4 rings (SSSR count). The summed E-state index contributed by atoms with van der Waals surface area (Å²) in [6, 6.07) is 17.4. The Bertz CT molecular complexity index is 1080. The van der Waals surface area contributed by atoms with Crippen molar-refractivity contribution in [3.8, 4) is 0 Å². The Labute approximate surface area is 178 Å². The van der Waals surface area contributed by atoms with Gasteiger partial charge < -0.3 is 15.5 Å². The minimum atomic E-state index is -0.831. The molecule has 1 aromatic heterocycles. The Morgan fingerprint density at radius 3 is 2.53 bits per heavy atom. The van der Waals surface area contributed by atoms with E-state index in [4.69, 9.17) is 0 Å². The molecule has 2 N–H and O–H groups in total. The van der Waals surface area contributed by atoms with Crippen LogP contribution in [-0.2, 0) is 16.0 Å². The minimum absolute atomic E-state index is 0.00552. The number of amides is 3. The van der Waals surface area contributed by atoms with E-state index in [1.165, 1.54) is 11.3 Å². The van der Waals surface area contributed by atoms with E-state index in [2.05, 4.69) is 10.6 Å². The van der Waals surface area contributed by atoms with Gasteiger partial charge in [0.25, 0.3) is 11.8 Å². The monoisotopic (exact) mass is 419 g/mol. The second kappa shape index (κ2) is 8.51. The summed E-state index contributed by atoms with van der Waals surface area (Å²) in [5.74, 6) is -0.612. The first-order valence-electron chi connectivity index (χ1n) is 9.64. The molecule has 1 atom stereocenters. The first kappa shape index (κ1) is 19.8. The van der Waals surface area contributed by atoms with E-state index in [0.717, 1.165) is 17.7 Å². The van der Waals surface area contributed by atoms with Crippen molar-refractivity contribution in [1.29, 1.82) is 0 Å². The molecule has 30 heavy (non-hydrogen) atoms. The molecule has 0 bridgehead atoms. The molecule has 0 spiro atoms. The molecule has 1 aliphatic heterocycles. The van der Waals surface area contributed by atoms with Gasteiger partial charge in [-0.15, -0.1) is 11.3 Å². The average Bonchev–Trinajstić information content (AvgIpc) is 3.42. The molecule has 3 amide bonds. The largest absolute Gasteiger partial charge is 0.336 e. The molecule has 1 aliphatic rings. The van der Waals surface area contributed by atoms with Crippen LogP contribution in [0.3, 0.4) is 0 Å². The fraction of sp³-hybridized carbons (Fsp3) is 0.174. The number of carbonyl (C=O) groups is 3. The van der Waals surface area contributed by atoms with Crippen LogP contribution in [0, 0.1) is 0 Å². The van der Waals surface area contributed by atoms with Gasteiger partial charge in [-0.2, -0.15) is 0 Å². The predicted octanol–water partition coefficient (Wildman–Crippen LogP) is 3.77. The summed E-state index contributed by atoms with van der Waals surface area (Å²) in [7, 11) is 0. The smallest absolute Gasteiger partial charge is 0.262 e. The van der Waals surface area contributed by atoms with E-state index in [1.807, 2.05) is 47.8 Å². The van der Waals surface area contributed by atoms with Crippen molar-refractivity contribution in [2.45, 2.75) is 19.4 Å². The zero-order valence-corrected chi connectivity index (χ0v) is 17.2. The summed E-state index contributed by atoms with van der Waals surface area (Å²) in [4.78, 5) is 39.7. The second-order valence-corrected chi connectivity index (χ2v) is 8.00. The SMILES string of the molecule is CC(=O)N1CCc2cc(NC(=O)C(NC(=O)c3cccs3)c3ccccc3)ccc21. The van der Waals surface area contributed by atoms with Crippen LogP contribution in [0.25, 0.3) is 0 Å². The zero-order valence-electron chi connectivity index (χ0n) is 16.4. The van der Waals surface area contributed by atoms with Crippen LogP contribution >= 0.6 is 11.3 Å². The van der Waals surface area contributed by atoms with E-state index in [9.17, 15) is 14.4 Å². The van der Waals surface area contributed by atoms with E-state index in [1.54, 1.807) is 30.0 Å². The molecule has 3 aromatic rings. The van der Waals surface area contributed by atoms with Gasteiger partial charge in [0, 0.05) is 24.8 Å². The number of nitrogens with zero attached hydrogens (tertiary/aromatic N) is 1. The summed E-state index contributed by atoms with van der Waals surface area (Å²) in [6.07, 6.45) is 0.746. The minimum Gasteiger partial charge on any atom is -0.336 e. The first-order valence-corrected chi connectivity index (χ1v) is 10.5. The van der Waals surface area contributed by atoms with Crippen molar-refractivity contribution in [3.63, 3.8) is 0 Å². The van der Waals surface area contributed by atoms with Crippen LogP contribution in [0.1, 0.15) is 33.8 Å². The van der Waals surface area contributed by atoms with Crippen LogP contribution in [0.2, 0.25) is 0 Å². The summed E-state index contributed by atoms with van der Waals surface area (Å²) >= 11 is 1.32. The molecule has 0 saturated carbocycles. The quantitative estimate of drug-likeness (QED) is 0.661. The number of thiophene rings is 1. The Morgan fingerprint density at radius 1 is 1.03 bits per heavy atom. The average molecular weight is 420 g/mol. The Kier molecular flexibility index (Phi) is 5.63. The highest BCUT2D eigenvalue weighted by molar-refractivity contribution is 7.12. The van der Waals surface area contributed by atoms with Gasteiger partial charge >= 0.3 is 0 Å². The lowest BCUT2D eigenvalue weighted by Crippen LogP contribution is -2.36. The van der Waals surface area contributed by atoms with Crippen molar-refractivity contribution < 1.29 is 14.4 Å². The van der Waals surface area contributed by atoms with Crippen molar-refractivity contribution in [2.24, 2.45) is 0 Å². The van der Waals surface area contributed by atoms with Gasteiger partial charge in [-0.1, -0.05) is 36.4 Å². The third-order valence-corrected chi connectivity index (χ3v) is 5.91. The van der Waals surface area contributed by atoms with Crippen LogP contribution in [-0.4, -0.2) is 24.3 Å².